The molecule has 16 heavy (non-hydrogen) atoms. The van der Waals surface area contributed by atoms with Crippen molar-refractivity contribution in [1.29, 1.82) is 0 Å². The van der Waals surface area contributed by atoms with Gasteiger partial charge < -0.3 is 9.67 Å². The fraction of sp³-hybridized carbons (Fsp3) is 0.300. The standard InChI is InChI=1S/C10H10N4O2/c1-13-8-6(4-12-13)2-3-14-7(8)5-11-9(14)10(15)16/h4-5H,2-3H2,1H3,(H,15,16). The van der Waals surface area contributed by atoms with Gasteiger partial charge in [-0.25, -0.2) is 9.78 Å². The smallest absolute Gasteiger partial charge is 0.372 e. The molecule has 3 rings (SSSR count). The number of aryl methyl sites for hydroxylation is 2. The normalized spacial score (nSPS) is 13.3. The van der Waals surface area contributed by atoms with E-state index in [0.717, 1.165) is 23.4 Å². The lowest BCUT2D eigenvalue weighted by molar-refractivity contribution is 0.0678. The lowest BCUT2D eigenvalue weighted by atomic mass is 10.1. The van der Waals surface area contributed by atoms with Crippen LogP contribution in [-0.2, 0) is 20.0 Å². The SMILES string of the molecule is Cn1ncc2c1-c1cnc(C(=O)O)n1CC2. The van der Waals surface area contributed by atoms with E-state index in [1.54, 1.807) is 15.4 Å². The van der Waals surface area contributed by atoms with Crippen molar-refractivity contribution in [3.05, 3.63) is 23.8 Å². The monoisotopic (exact) mass is 218 g/mol. The van der Waals surface area contributed by atoms with E-state index >= 15 is 0 Å². The molecule has 0 bridgehead atoms. The minimum absolute atomic E-state index is 0.0989. The van der Waals surface area contributed by atoms with Crippen molar-refractivity contribution < 1.29 is 9.90 Å². The van der Waals surface area contributed by atoms with Crippen molar-refractivity contribution in [1.82, 2.24) is 19.3 Å². The number of fused-ring (bicyclic) bond motifs is 3. The molecule has 1 N–H and O–H groups in total. The summed E-state index contributed by atoms with van der Waals surface area (Å²) in [7, 11) is 1.85. The molecule has 6 nitrogen and oxygen atoms in total. The van der Waals surface area contributed by atoms with Gasteiger partial charge in [0, 0.05) is 19.2 Å². The number of aromatic carboxylic acids is 1. The van der Waals surface area contributed by atoms with Gasteiger partial charge in [-0.2, -0.15) is 5.10 Å². The number of carboxylic acid groups (broad SMARTS) is 1. The van der Waals surface area contributed by atoms with Gasteiger partial charge in [0.1, 0.15) is 0 Å². The molecule has 0 fully saturated rings. The summed E-state index contributed by atoms with van der Waals surface area (Å²) < 4.78 is 3.49. The molecule has 0 atom stereocenters. The Morgan fingerprint density at radius 2 is 2.31 bits per heavy atom. The van der Waals surface area contributed by atoms with Gasteiger partial charge in [0.25, 0.3) is 0 Å². The summed E-state index contributed by atoms with van der Waals surface area (Å²) in [6, 6.07) is 0. The second kappa shape index (κ2) is 2.94. The molecule has 0 radical (unpaired) electrons. The predicted octanol–water partition coefficient (Wildman–Crippen LogP) is 0.538. The van der Waals surface area contributed by atoms with Gasteiger partial charge in [0.15, 0.2) is 0 Å². The molecule has 0 saturated heterocycles. The molecule has 0 spiro atoms. The van der Waals surface area contributed by atoms with Crippen LogP contribution < -0.4 is 0 Å². The molecular formula is C10H10N4O2. The van der Waals surface area contributed by atoms with Crippen LogP contribution in [0, 0.1) is 0 Å². The van der Waals surface area contributed by atoms with Crippen LogP contribution in [0.3, 0.4) is 0 Å². The average Bonchev–Trinajstić information content (AvgIpc) is 2.81. The summed E-state index contributed by atoms with van der Waals surface area (Å²) in [4.78, 5) is 14.9. The van der Waals surface area contributed by atoms with Crippen molar-refractivity contribution in [2.24, 2.45) is 7.05 Å². The number of hydrogen-bond donors (Lipinski definition) is 1. The Labute approximate surface area is 91.1 Å². The Bertz CT molecular complexity index is 582. The number of carboxylic acids is 1. The number of aromatic nitrogens is 4. The van der Waals surface area contributed by atoms with Crippen molar-refractivity contribution in [2.45, 2.75) is 13.0 Å². The molecule has 0 unspecified atom stereocenters. The summed E-state index contributed by atoms with van der Waals surface area (Å²) in [5.41, 5.74) is 2.94. The third kappa shape index (κ3) is 1.04. The van der Waals surface area contributed by atoms with E-state index < -0.39 is 5.97 Å². The van der Waals surface area contributed by atoms with Crippen molar-refractivity contribution in [2.75, 3.05) is 0 Å². The molecule has 0 saturated carbocycles. The number of carbonyl (C=O) groups is 1. The number of nitrogens with zero attached hydrogens (tertiary/aromatic N) is 4. The molecule has 2 aromatic rings. The summed E-state index contributed by atoms with van der Waals surface area (Å²) in [6.45, 7) is 0.648. The van der Waals surface area contributed by atoms with Crippen LogP contribution >= 0.6 is 0 Å². The van der Waals surface area contributed by atoms with Crippen LogP contribution in [0.4, 0.5) is 0 Å². The fourth-order valence-electron chi connectivity index (χ4n) is 2.19. The van der Waals surface area contributed by atoms with Gasteiger partial charge in [0.2, 0.25) is 5.82 Å². The van der Waals surface area contributed by atoms with E-state index in [0.29, 0.717) is 6.54 Å². The van der Waals surface area contributed by atoms with Gasteiger partial charge in [0.05, 0.1) is 23.8 Å². The molecule has 1 aliphatic rings. The first-order valence-electron chi connectivity index (χ1n) is 4.98. The first kappa shape index (κ1) is 9.14. The third-order valence-corrected chi connectivity index (χ3v) is 2.91. The molecule has 0 aromatic carbocycles. The van der Waals surface area contributed by atoms with Crippen molar-refractivity contribution in [3.8, 4) is 11.4 Å². The molecule has 0 amide bonds. The first-order valence-corrected chi connectivity index (χ1v) is 4.98. The number of hydrogen-bond acceptors (Lipinski definition) is 3. The van der Waals surface area contributed by atoms with Gasteiger partial charge in [-0.05, 0) is 6.42 Å². The number of rotatable bonds is 1. The maximum absolute atomic E-state index is 11.0. The van der Waals surface area contributed by atoms with E-state index in [1.807, 2.05) is 13.2 Å². The maximum atomic E-state index is 11.0. The zero-order chi connectivity index (χ0) is 11.3. The quantitative estimate of drug-likeness (QED) is 0.758. The summed E-state index contributed by atoms with van der Waals surface area (Å²) in [5, 5.41) is 13.2. The minimum atomic E-state index is -0.989. The van der Waals surface area contributed by atoms with Gasteiger partial charge >= 0.3 is 5.97 Å². The molecule has 2 aromatic heterocycles. The van der Waals surface area contributed by atoms with E-state index in [1.165, 1.54) is 0 Å². The van der Waals surface area contributed by atoms with E-state index in [9.17, 15) is 4.79 Å². The zero-order valence-electron chi connectivity index (χ0n) is 8.71. The van der Waals surface area contributed by atoms with E-state index in [2.05, 4.69) is 10.1 Å². The Morgan fingerprint density at radius 1 is 1.50 bits per heavy atom. The average molecular weight is 218 g/mol. The van der Waals surface area contributed by atoms with Crippen molar-refractivity contribution >= 4 is 5.97 Å². The topological polar surface area (TPSA) is 72.9 Å². The Morgan fingerprint density at radius 3 is 3.06 bits per heavy atom. The maximum Gasteiger partial charge on any atom is 0.372 e. The Balaban J connectivity index is 2.26. The Hall–Kier alpha value is -2.11. The molecule has 3 heterocycles. The van der Waals surface area contributed by atoms with Crippen LogP contribution in [0.15, 0.2) is 12.4 Å². The fourth-order valence-corrected chi connectivity index (χ4v) is 2.19. The van der Waals surface area contributed by atoms with Crippen LogP contribution in [0.5, 0.6) is 0 Å². The largest absolute Gasteiger partial charge is 0.475 e. The van der Waals surface area contributed by atoms with Crippen LogP contribution in [0.25, 0.3) is 11.4 Å². The highest BCUT2D eigenvalue weighted by atomic mass is 16.4. The van der Waals surface area contributed by atoms with Gasteiger partial charge in [-0.3, -0.25) is 4.68 Å². The van der Waals surface area contributed by atoms with Crippen molar-refractivity contribution in [3.63, 3.8) is 0 Å². The highest BCUT2D eigenvalue weighted by molar-refractivity contribution is 5.85. The second-order valence-electron chi connectivity index (χ2n) is 3.82. The molecule has 82 valence electrons. The lowest BCUT2D eigenvalue weighted by Crippen LogP contribution is -2.16. The second-order valence-corrected chi connectivity index (χ2v) is 3.82. The van der Waals surface area contributed by atoms with Crippen LogP contribution in [0.2, 0.25) is 0 Å². The highest BCUT2D eigenvalue weighted by Gasteiger charge is 2.25. The molecular weight excluding hydrogens is 208 g/mol. The van der Waals surface area contributed by atoms with Gasteiger partial charge in [-0.15, -0.1) is 0 Å². The summed E-state index contributed by atoms with van der Waals surface area (Å²) in [6.07, 6.45) is 4.22. The molecule has 1 aliphatic heterocycles. The Kier molecular flexibility index (Phi) is 1.68. The first-order chi connectivity index (χ1) is 7.68. The summed E-state index contributed by atoms with van der Waals surface area (Å²) >= 11 is 0. The van der Waals surface area contributed by atoms with Gasteiger partial charge in [-0.1, -0.05) is 0 Å². The number of imidazole rings is 1. The highest BCUT2D eigenvalue weighted by Crippen LogP contribution is 2.29. The third-order valence-electron chi connectivity index (χ3n) is 2.91. The lowest BCUT2D eigenvalue weighted by Gasteiger charge is -2.16. The summed E-state index contributed by atoms with van der Waals surface area (Å²) in [5.74, 6) is -0.890. The van der Waals surface area contributed by atoms with Crippen LogP contribution in [0.1, 0.15) is 16.2 Å². The predicted molar refractivity (Wildman–Crippen MR) is 55.1 cm³/mol. The zero-order valence-corrected chi connectivity index (χ0v) is 8.71. The molecule has 6 heteroatoms. The molecule has 0 aliphatic carbocycles. The van der Waals surface area contributed by atoms with E-state index in [-0.39, 0.29) is 5.82 Å². The van der Waals surface area contributed by atoms with Crippen LogP contribution in [-0.4, -0.2) is 30.4 Å². The van der Waals surface area contributed by atoms with E-state index in [4.69, 9.17) is 5.11 Å². The minimum Gasteiger partial charge on any atom is -0.475 e.